The van der Waals surface area contributed by atoms with Crippen molar-refractivity contribution in [2.24, 2.45) is 0 Å². The molecule has 0 saturated heterocycles. The molecule has 0 spiro atoms. The Balaban J connectivity index is 2.61. The highest BCUT2D eigenvalue weighted by atomic mass is 35.5. The van der Waals surface area contributed by atoms with E-state index in [2.05, 4.69) is 0 Å². The van der Waals surface area contributed by atoms with Crippen molar-refractivity contribution < 1.29 is 9.90 Å². The zero-order valence-electron chi connectivity index (χ0n) is 9.45. The lowest BCUT2D eigenvalue weighted by molar-refractivity contribution is 0.102. The van der Waals surface area contributed by atoms with E-state index in [-0.39, 0.29) is 17.6 Å². The van der Waals surface area contributed by atoms with E-state index in [0.717, 1.165) is 0 Å². The first-order chi connectivity index (χ1) is 8.04. The van der Waals surface area contributed by atoms with Crippen LogP contribution in [0.2, 0.25) is 10.0 Å². The molecule has 1 aromatic carbocycles. The van der Waals surface area contributed by atoms with Gasteiger partial charge < -0.3 is 5.11 Å². The first-order valence-electron chi connectivity index (χ1n) is 5.25. The predicted molar refractivity (Wildman–Crippen MR) is 74.4 cm³/mol. The Hall–Kier alpha value is -0.220. The molecule has 1 unspecified atom stereocenters. The molecule has 0 heterocycles. The van der Waals surface area contributed by atoms with Gasteiger partial charge in [0.05, 0.1) is 10.8 Å². The van der Waals surface area contributed by atoms with E-state index in [1.165, 1.54) is 11.8 Å². The van der Waals surface area contributed by atoms with Gasteiger partial charge in [0.15, 0.2) is 5.78 Å². The highest BCUT2D eigenvalue weighted by Crippen LogP contribution is 2.23. The number of carbonyl (C=O) groups excluding carboxylic acids is 1. The molecule has 0 aromatic heterocycles. The molecule has 0 amide bonds. The molecule has 0 aliphatic heterocycles. The Morgan fingerprint density at radius 1 is 1.47 bits per heavy atom. The zero-order chi connectivity index (χ0) is 12.8. The minimum Gasteiger partial charge on any atom is -0.396 e. The number of aliphatic hydroxyl groups is 1. The maximum atomic E-state index is 11.9. The van der Waals surface area contributed by atoms with E-state index in [4.69, 9.17) is 28.3 Å². The lowest BCUT2D eigenvalue weighted by Gasteiger charge is -2.09. The van der Waals surface area contributed by atoms with Crippen molar-refractivity contribution in [3.63, 3.8) is 0 Å². The molecule has 5 heteroatoms. The number of rotatable bonds is 6. The fourth-order valence-electron chi connectivity index (χ4n) is 1.27. The van der Waals surface area contributed by atoms with Gasteiger partial charge >= 0.3 is 0 Å². The van der Waals surface area contributed by atoms with Crippen molar-refractivity contribution in [3.05, 3.63) is 33.8 Å². The largest absolute Gasteiger partial charge is 0.396 e. The van der Waals surface area contributed by atoms with Gasteiger partial charge in [-0.1, -0.05) is 30.1 Å². The molecule has 0 saturated carbocycles. The standard InChI is InChI=1S/C12H14Cl2O2S/c1-8(4-5-15)17-7-12(16)10-6-9(13)2-3-11(10)14/h2-3,6,8,15H,4-5,7H2,1H3. The Kier molecular flexibility index (Phi) is 6.34. The average Bonchev–Trinajstić information content (AvgIpc) is 2.29. The van der Waals surface area contributed by atoms with Crippen LogP contribution in [-0.2, 0) is 0 Å². The van der Waals surface area contributed by atoms with Gasteiger partial charge in [-0.25, -0.2) is 0 Å². The first kappa shape index (κ1) is 14.8. The van der Waals surface area contributed by atoms with Crippen molar-refractivity contribution in [2.75, 3.05) is 12.4 Å². The second kappa shape index (κ2) is 7.27. The van der Waals surface area contributed by atoms with Gasteiger partial charge in [0, 0.05) is 22.4 Å². The van der Waals surface area contributed by atoms with Crippen molar-refractivity contribution in [2.45, 2.75) is 18.6 Å². The molecule has 1 rings (SSSR count). The summed E-state index contributed by atoms with van der Waals surface area (Å²) in [6, 6.07) is 4.87. The Labute approximate surface area is 115 Å². The van der Waals surface area contributed by atoms with Crippen LogP contribution >= 0.6 is 35.0 Å². The van der Waals surface area contributed by atoms with E-state index < -0.39 is 0 Å². The number of benzene rings is 1. The second-order valence-electron chi connectivity index (χ2n) is 3.68. The Morgan fingerprint density at radius 2 is 2.18 bits per heavy atom. The van der Waals surface area contributed by atoms with E-state index in [1.54, 1.807) is 18.2 Å². The van der Waals surface area contributed by atoms with Gasteiger partial charge in [-0.2, -0.15) is 11.8 Å². The fourth-order valence-corrected chi connectivity index (χ4v) is 2.53. The van der Waals surface area contributed by atoms with Crippen molar-refractivity contribution in [3.8, 4) is 0 Å². The number of ketones is 1. The number of Topliss-reactive ketones (excluding diaryl/α,β-unsaturated/α-hetero) is 1. The maximum absolute atomic E-state index is 11.9. The molecule has 2 nitrogen and oxygen atoms in total. The number of carbonyl (C=O) groups is 1. The SMILES string of the molecule is CC(CCO)SCC(=O)c1cc(Cl)ccc1Cl. The van der Waals surface area contributed by atoms with Crippen LogP contribution in [0.3, 0.4) is 0 Å². The van der Waals surface area contributed by atoms with Crippen molar-refractivity contribution >= 4 is 40.7 Å². The van der Waals surface area contributed by atoms with Gasteiger partial charge in [-0.15, -0.1) is 0 Å². The smallest absolute Gasteiger partial charge is 0.174 e. The summed E-state index contributed by atoms with van der Waals surface area (Å²) in [4.78, 5) is 11.9. The summed E-state index contributed by atoms with van der Waals surface area (Å²) in [5, 5.41) is 9.95. The van der Waals surface area contributed by atoms with E-state index in [9.17, 15) is 4.79 Å². The van der Waals surface area contributed by atoms with Crippen LogP contribution in [-0.4, -0.2) is 28.5 Å². The highest BCUT2D eigenvalue weighted by molar-refractivity contribution is 8.00. The van der Waals surface area contributed by atoms with Crippen molar-refractivity contribution in [1.29, 1.82) is 0 Å². The summed E-state index contributed by atoms with van der Waals surface area (Å²) in [5.74, 6) is 0.314. The number of thioether (sulfide) groups is 1. The number of halogens is 2. The first-order valence-corrected chi connectivity index (χ1v) is 7.05. The second-order valence-corrected chi connectivity index (χ2v) is 5.95. The van der Waals surface area contributed by atoms with Gasteiger partial charge in [-0.05, 0) is 24.6 Å². The maximum Gasteiger partial charge on any atom is 0.174 e. The molecule has 0 aliphatic rings. The third-order valence-corrected chi connectivity index (χ3v) is 4.06. The summed E-state index contributed by atoms with van der Waals surface area (Å²) in [7, 11) is 0. The lowest BCUT2D eigenvalue weighted by atomic mass is 10.1. The number of hydrogen-bond acceptors (Lipinski definition) is 3. The van der Waals surface area contributed by atoms with E-state index >= 15 is 0 Å². The van der Waals surface area contributed by atoms with Gasteiger partial charge in [0.1, 0.15) is 0 Å². The topological polar surface area (TPSA) is 37.3 Å². The Morgan fingerprint density at radius 3 is 2.82 bits per heavy atom. The molecule has 94 valence electrons. The summed E-state index contributed by atoms with van der Waals surface area (Å²) < 4.78 is 0. The number of aliphatic hydroxyl groups excluding tert-OH is 1. The van der Waals surface area contributed by atoms with Crippen LogP contribution in [0.15, 0.2) is 18.2 Å². The molecule has 0 fully saturated rings. The van der Waals surface area contributed by atoms with Crippen LogP contribution < -0.4 is 0 Å². The quantitative estimate of drug-likeness (QED) is 0.813. The normalized spacial score (nSPS) is 12.5. The zero-order valence-corrected chi connectivity index (χ0v) is 11.8. The summed E-state index contributed by atoms with van der Waals surface area (Å²) in [5.41, 5.74) is 0.461. The van der Waals surface area contributed by atoms with Gasteiger partial charge in [0.2, 0.25) is 0 Å². The molecular formula is C12H14Cl2O2S. The number of hydrogen-bond donors (Lipinski definition) is 1. The fraction of sp³-hybridized carbons (Fsp3) is 0.417. The average molecular weight is 293 g/mol. The van der Waals surface area contributed by atoms with Crippen LogP contribution in [0, 0.1) is 0 Å². The van der Waals surface area contributed by atoms with E-state index in [0.29, 0.717) is 27.8 Å². The molecule has 1 aromatic rings. The third kappa shape index (κ3) is 4.88. The molecule has 1 N–H and O–H groups in total. The molecule has 17 heavy (non-hydrogen) atoms. The van der Waals surface area contributed by atoms with E-state index in [1.807, 2.05) is 6.92 Å². The molecular weight excluding hydrogens is 279 g/mol. The van der Waals surface area contributed by atoms with Crippen LogP contribution in [0.25, 0.3) is 0 Å². The van der Waals surface area contributed by atoms with Crippen LogP contribution in [0.1, 0.15) is 23.7 Å². The molecule has 0 bridgehead atoms. The van der Waals surface area contributed by atoms with Crippen molar-refractivity contribution in [1.82, 2.24) is 0 Å². The Bertz CT molecular complexity index is 396. The predicted octanol–water partition coefficient (Wildman–Crippen LogP) is 3.68. The molecule has 0 radical (unpaired) electrons. The van der Waals surface area contributed by atoms with Crippen LogP contribution in [0.4, 0.5) is 0 Å². The van der Waals surface area contributed by atoms with Gasteiger partial charge in [0.25, 0.3) is 0 Å². The minimum absolute atomic E-state index is 0.0349. The molecule has 0 aliphatic carbocycles. The molecule has 1 atom stereocenters. The van der Waals surface area contributed by atoms with Gasteiger partial charge in [-0.3, -0.25) is 4.79 Å². The monoisotopic (exact) mass is 292 g/mol. The highest BCUT2D eigenvalue weighted by Gasteiger charge is 2.12. The lowest BCUT2D eigenvalue weighted by Crippen LogP contribution is -2.08. The summed E-state index contributed by atoms with van der Waals surface area (Å²) in [6.07, 6.45) is 0.682. The third-order valence-electron chi connectivity index (χ3n) is 2.26. The summed E-state index contributed by atoms with van der Waals surface area (Å²) >= 11 is 13.3. The van der Waals surface area contributed by atoms with Crippen LogP contribution in [0.5, 0.6) is 0 Å². The summed E-state index contributed by atoms with van der Waals surface area (Å²) in [6.45, 7) is 2.12. The minimum atomic E-state index is -0.0349.